The molecule has 22 heavy (non-hydrogen) atoms. The molecule has 0 aromatic heterocycles. The maximum Gasteiger partial charge on any atom is 0.248 e. The van der Waals surface area contributed by atoms with E-state index in [9.17, 15) is 4.79 Å². The van der Waals surface area contributed by atoms with Gasteiger partial charge in [-0.05, 0) is 42.0 Å². The largest absolute Gasteiger partial charge is 0.497 e. The second kappa shape index (κ2) is 7.12. The number of nitrogens with two attached hydrogens (primary N) is 2. The van der Waals surface area contributed by atoms with E-state index in [1.807, 2.05) is 6.07 Å². The summed E-state index contributed by atoms with van der Waals surface area (Å²) in [5.41, 5.74) is 13.0. The fourth-order valence-corrected chi connectivity index (χ4v) is 1.81. The van der Waals surface area contributed by atoms with Gasteiger partial charge in [0.25, 0.3) is 0 Å². The third-order valence-electron chi connectivity index (χ3n) is 2.99. The van der Waals surface area contributed by atoms with E-state index in [2.05, 4.69) is 5.16 Å². The molecule has 0 saturated carbocycles. The number of benzene rings is 2. The Morgan fingerprint density at radius 1 is 1.09 bits per heavy atom. The molecule has 114 valence electrons. The number of hydrogen-bond donors (Lipinski definition) is 2. The predicted octanol–water partition coefficient (Wildman–Crippen LogP) is 1.63. The molecule has 1 amide bonds. The number of rotatable bonds is 6. The van der Waals surface area contributed by atoms with E-state index in [0.717, 1.165) is 16.9 Å². The Bertz CT molecular complexity index is 681. The molecular formula is C16H17N3O3. The van der Waals surface area contributed by atoms with E-state index in [0.29, 0.717) is 5.56 Å². The number of amidine groups is 1. The summed E-state index contributed by atoms with van der Waals surface area (Å²) in [6, 6.07) is 14.0. The lowest BCUT2D eigenvalue weighted by molar-refractivity contribution is 0.0999. The summed E-state index contributed by atoms with van der Waals surface area (Å²) in [5, 5.41) is 3.86. The molecule has 0 saturated heterocycles. The molecule has 0 radical (unpaired) electrons. The van der Waals surface area contributed by atoms with Crippen molar-refractivity contribution < 1.29 is 14.4 Å². The standard InChI is InChI=1S/C16H17N3O3/c1-21-14-7-5-12(6-8-14)15(17)19-22-10-11-3-2-4-13(9-11)16(18)20/h2-9H,10H2,1H3,(H2,17,19)(H2,18,20). The highest BCUT2D eigenvalue weighted by molar-refractivity contribution is 5.97. The summed E-state index contributed by atoms with van der Waals surface area (Å²) < 4.78 is 5.07. The summed E-state index contributed by atoms with van der Waals surface area (Å²) in [6.45, 7) is 0.192. The Hall–Kier alpha value is -3.02. The highest BCUT2D eigenvalue weighted by atomic mass is 16.6. The van der Waals surface area contributed by atoms with Gasteiger partial charge in [0, 0.05) is 11.1 Å². The van der Waals surface area contributed by atoms with Crippen LogP contribution in [0.4, 0.5) is 0 Å². The Labute approximate surface area is 128 Å². The number of amides is 1. The lowest BCUT2D eigenvalue weighted by Crippen LogP contribution is -2.14. The Morgan fingerprint density at radius 3 is 2.45 bits per heavy atom. The predicted molar refractivity (Wildman–Crippen MR) is 83.5 cm³/mol. The minimum absolute atomic E-state index is 0.192. The zero-order valence-corrected chi connectivity index (χ0v) is 12.2. The van der Waals surface area contributed by atoms with Crippen LogP contribution < -0.4 is 16.2 Å². The van der Waals surface area contributed by atoms with Crippen molar-refractivity contribution in [3.05, 3.63) is 65.2 Å². The van der Waals surface area contributed by atoms with Crippen LogP contribution in [0.5, 0.6) is 5.75 Å². The molecule has 0 unspecified atom stereocenters. The van der Waals surface area contributed by atoms with Crippen molar-refractivity contribution >= 4 is 11.7 Å². The molecule has 2 aromatic rings. The van der Waals surface area contributed by atoms with E-state index in [-0.39, 0.29) is 12.4 Å². The van der Waals surface area contributed by atoms with Crippen molar-refractivity contribution in [1.29, 1.82) is 0 Å². The average molecular weight is 299 g/mol. The fraction of sp³-hybridized carbons (Fsp3) is 0.125. The molecule has 0 bridgehead atoms. The molecule has 0 aliphatic rings. The topological polar surface area (TPSA) is 99.9 Å². The molecule has 0 atom stereocenters. The number of ether oxygens (including phenoxy) is 1. The van der Waals surface area contributed by atoms with Crippen LogP contribution in [0, 0.1) is 0 Å². The number of oxime groups is 1. The van der Waals surface area contributed by atoms with Gasteiger partial charge in [-0.2, -0.15) is 0 Å². The zero-order chi connectivity index (χ0) is 15.9. The molecule has 6 nitrogen and oxygen atoms in total. The van der Waals surface area contributed by atoms with Crippen molar-refractivity contribution in [2.24, 2.45) is 16.6 Å². The van der Waals surface area contributed by atoms with Crippen LogP contribution in [-0.2, 0) is 11.4 Å². The van der Waals surface area contributed by atoms with Crippen LogP contribution in [-0.4, -0.2) is 18.9 Å². The summed E-state index contributed by atoms with van der Waals surface area (Å²) in [6.07, 6.45) is 0. The number of nitrogens with zero attached hydrogens (tertiary/aromatic N) is 1. The van der Waals surface area contributed by atoms with Gasteiger partial charge in [0.05, 0.1) is 7.11 Å². The lowest BCUT2D eigenvalue weighted by Gasteiger charge is -2.05. The lowest BCUT2D eigenvalue weighted by atomic mass is 10.1. The highest BCUT2D eigenvalue weighted by Crippen LogP contribution is 2.11. The Morgan fingerprint density at radius 2 is 1.82 bits per heavy atom. The first-order valence-electron chi connectivity index (χ1n) is 6.58. The SMILES string of the molecule is COc1ccc(C(N)=NOCc2cccc(C(N)=O)c2)cc1. The second-order valence-corrected chi connectivity index (χ2v) is 4.54. The van der Waals surface area contributed by atoms with Gasteiger partial charge in [0.15, 0.2) is 5.84 Å². The van der Waals surface area contributed by atoms with E-state index in [1.165, 1.54) is 0 Å². The smallest absolute Gasteiger partial charge is 0.248 e. The molecule has 2 aromatic carbocycles. The monoisotopic (exact) mass is 299 g/mol. The molecule has 6 heteroatoms. The van der Waals surface area contributed by atoms with Crippen molar-refractivity contribution in [2.75, 3.05) is 7.11 Å². The molecule has 0 aliphatic carbocycles. The fourth-order valence-electron chi connectivity index (χ4n) is 1.81. The maximum absolute atomic E-state index is 11.1. The minimum Gasteiger partial charge on any atom is -0.497 e. The van der Waals surface area contributed by atoms with Gasteiger partial charge in [-0.1, -0.05) is 17.3 Å². The Balaban J connectivity index is 1.99. The van der Waals surface area contributed by atoms with E-state index in [4.69, 9.17) is 21.0 Å². The molecule has 2 rings (SSSR count). The van der Waals surface area contributed by atoms with Gasteiger partial charge in [0.1, 0.15) is 12.4 Å². The van der Waals surface area contributed by atoms with Crippen LogP contribution in [0.3, 0.4) is 0 Å². The molecule has 0 aliphatic heterocycles. The van der Waals surface area contributed by atoms with Crippen LogP contribution >= 0.6 is 0 Å². The molecule has 4 N–H and O–H groups in total. The van der Waals surface area contributed by atoms with Gasteiger partial charge < -0.3 is 21.0 Å². The van der Waals surface area contributed by atoms with Crippen LogP contribution in [0.15, 0.2) is 53.7 Å². The highest BCUT2D eigenvalue weighted by Gasteiger charge is 2.03. The van der Waals surface area contributed by atoms with Crippen molar-refractivity contribution in [3.63, 3.8) is 0 Å². The van der Waals surface area contributed by atoms with Gasteiger partial charge >= 0.3 is 0 Å². The molecule has 0 fully saturated rings. The quantitative estimate of drug-likeness (QED) is 0.481. The molecular weight excluding hydrogens is 282 g/mol. The van der Waals surface area contributed by atoms with E-state index in [1.54, 1.807) is 49.6 Å². The number of methoxy groups -OCH3 is 1. The normalized spacial score (nSPS) is 11.0. The minimum atomic E-state index is -0.483. The summed E-state index contributed by atoms with van der Waals surface area (Å²) in [7, 11) is 1.59. The summed E-state index contributed by atoms with van der Waals surface area (Å²) in [5.74, 6) is 0.512. The molecule has 0 heterocycles. The average Bonchev–Trinajstić information content (AvgIpc) is 2.55. The van der Waals surface area contributed by atoms with Crippen molar-refractivity contribution in [1.82, 2.24) is 0 Å². The summed E-state index contributed by atoms with van der Waals surface area (Å²) in [4.78, 5) is 16.3. The van der Waals surface area contributed by atoms with Crippen LogP contribution in [0.25, 0.3) is 0 Å². The van der Waals surface area contributed by atoms with Crippen LogP contribution in [0.1, 0.15) is 21.5 Å². The first-order chi connectivity index (χ1) is 10.6. The van der Waals surface area contributed by atoms with Crippen LogP contribution in [0.2, 0.25) is 0 Å². The van der Waals surface area contributed by atoms with Gasteiger partial charge in [0.2, 0.25) is 5.91 Å². The van der Waals surface area contributed by atoms with E-state index >= 15 is 0 Å². The number of hydrogen-bond acceptors (Lipinski definition) is 4. The van der Waals surface area contributed by atoms with Gasteiger partial charge in [-0.15, -0.1) is 0 Å². The second-order valence-electron chi connectivity index (χ2n) is 4.54. The first kappa shape index (κ1) is 15.4. The third-order valence-corrected chi connectivity index (χ3v) is 2.99. The maximum atomic E-state index is 11.1. The van der Waals surface area contributed by atoms with Crippen molar-refractivity contribution in [2.45, 2.75) is 6.61 Å². The van der Waals surface area contributed by atoms with E-state index < -0.39 is 5.91 Å². The van der Waals surface area contributed by atoms with Gasteiger partial charge in [-0.25, -0.2) is 0 Å². The summed E-state index contributed by atoms with van der Waals surface area (Å²) >= 11 is 0. The number of primary amides is 1. The third kappa shape index (κ3) is 3.99. The first-order valence-corrected chi connectivity index (χ1v) is 6.58. The van der Waals surface area contributed by atoms with Gasteiger partial charge in [-0.3, -0.25) is 4.79 Å². The van der Waals surface area contributed by atoms with Crippen molar-refractivity contribution in [3.8, 4) is 5.75 Å². The Kier molecular flexibility index (Phi) is 4.98. The molecule has 0 spiro atoms. The number of carbonyl (C=O) groups excluding carboxylic acids is 1. The number of carbonyl (C=O) groups is 1. The zero-order valence-electron chi connectivity index (χ0n) is 12.2.